The Hall–Kier alpha value is -1.55. The molecule has 0 heterocycles. The summed E-state index contributed by atoms with van der Waals surface area (Å²) in [7, 11) is 0. The fraction of sp³-hybridized carbons (Fsp3) is 0.588. The normalized spacial score (nSPS) is 11.8. The van der Waals surface area contributed by atoms with Gasteiger partial charge in [0.2, 0.25) is 0 Å². The van der Waals surface area contributed by atoms with Gasteiger partial charge in [0.1, 0.15) is 0 Å². The van der Waals surface area contributed by atoms with Crippen molar-refractivity contribution in [1.29, 1.82) is 0 Å². The molecule has 0 spiro atoms. The van der Waals surface area contributed by atoms with Crippen LogP contribution in [-0.4, -0.2) is 17.6 Å². The fourth-order valence-electron chi connectivity index (χ4n) is 2.36. The highest BCUT2D eigenvalue weighted by Gasteiger charge is 2.03. The van der Waals surface area contributed by atoms with Gasteiger partial charge in [0.05, 0.1) is 0 Å². The van der Waals surface area contributed by atoms with E-state index in [2.05, 4.69) is 24.3 Å². The van der Waals surface area contributed by atoms with Gasteiger partial charge in [-0.2, -0.15) is 0 Å². The van der Waals surface area contributed by atoms with E-state index in [1.807, 2.05) is 18.2 Å². The van der Waals surface area contributed by atoms with Crippen LogP contribution in [0.4, 0.5) is 0 Å². The van der Waals surface area contributed by atoms with E-state index in [0.29, 0.717) is 0 Å². The second kappa shape index (κ2) is 10.2. The highest BCUT2D eigenvalue weighted by atomic mass is 16.4. The maximum Gasteiger partial charge on any atom is 0.170 e. The van der Waals surface area contributed by atoms with Crippen molar-refractivity contribution in [3.63, 3.8) is 0 Å². The maximum atomic E-state index is 8.68. The van der Waals surface area contributed by atoms with Gasteiger partial charge in [0, 0.05) is 12.1 Å². The summed E-state index contributed by atoms with van der Waals surface area (Å²) in [6.07, 6.45) is 7.94. The monoisotopic (exact) mass is 291 g/mol. The van der Waals surface area contributed by atoms with E-state index in [0.717, 1.165) is 24.2 Å². The number of nitrogens with two attached hydrogens (primary N) is 1. The van der Waals surface area contributed by atoms with E-state index in [1.165, 1.54) is 44.1 Å². The lowest BCUT2D eigenvalue weighted by molar-refractivity contribution is 0.318. The zero-order valence-corrected chi connectivity index (χ0v) is 13.4. The first-order valence-corrected chi connectivity index (χ1v) is 7.97. The lowest BCUT2D eigenvalue weighted by Crippen LogP contribution is -2.17. The number of hydrogen-bond acceptors (Lipinski definition) is 3. The van der Waals surface area contributed by atoms with Crippen molar-refractivity contribution in [2.45, 2.75) is 58.9 Å². The van der Waals surface area contributed by atoms with E-state index in [1.54, 1.807) is 0 Å². The van der Waals surface area contributed by atoms with Crippen molar-refractivity contribution in [2.75, 3.05) is 6.54 Å². The van der Waals surface area contributed by atoms with Crippen molar-refractivity contribution < 1.29 is 5.21 Å². The van der Waals surface area contributed by atoms with Gasteiger partial charge in [-0.3, -0.25) is 0 Å². The highest BCUT2D eigenvalue weighted by molar-refractivity contribution is 5.97. The number of benzene rings is 1. The number of nitrogens with one attached hydrogen (secondary N) is 1. The zero-order valence-electron chi connectivity index (χ0n) is 13.4. The minimum atomic E-state index is 0.157. The Labute approximate surface area is 128 Å². The van der Waals surface area contributed by atoms with Crippen LogP contribution in [-0.2, 0) is 6.54 Å². The van der Waals surface area contributed by atoms with Crippen LogP contribution in [0, 0.1) is 6.92 Å². The van der Waals surface area contributed by atoms with Gasteiger partial charge in [-0.25, -0.2) is 0 Å². The van der Waals surface area contributed by atoms with Gasteiger partial charge in [-0.1, -0.05) is 56.3 Å². The van der Waals surface area contributed by atoms with Crippen LogP contribution in [0.2, 0.25) is 0 Å². The van der Waals surface area contributed by atoms with Crippen LogP contribution in [0.15, 0.2) is 23.4 Å². The van der Waals surface area contributed by atoms with Gasteiger partial charge in [0.25, 0.3) is 0 Å². The summed E-state index contributed by atoms with van der Waals surface area (Å²) in [6.45, 7) is 6.23. The largest absolute Gasteiger partial charge is 0.409 e. The van der Waals surface area contributed by atoms with Gasteiger partial charge in [0.15, 0.2) is 5.84 Å². The average Bonchev–Trinajstić information content (AvgIpc) is 2.50. The van der Waals surface area contributed by atoms with E-state index in [-0.39, 0.29) is 5.84 Å². The van der Waals surface area contributed by atoms with E-state index < -0.39 is 0 Å². The summed E-state index contributed by atoms with van der Waals surface area (Å²) in [5, 5.41) is 15.2. The Kier molecular flexibility index (Phi) is 8.51. The first-order chi connectivity index (χ1) is 10.2. The van der Waals surface area contributed by atoms with Crippen molar-refractivity contribution in [3.05, 3.63) is 34.9 Å². The molecule has 0 radical (unpaired) electrons. The summed E-state index contributed by atoms with van der Waals surface area (Å²) in [4.78, 5) is 0. The SMILES string of the molecule is CCCCCCCCNCc1ccc(/C(N)=N/O)cc1C. The molecule has 0 saturated carbocycles. The second-order valence-corrected chi connectivity index (χ2v) is 5.57. The highest BCUT2D eigenvalue weighted by Crippen LogP contribution is 2.11. The number of amidine groups is 1. The minimum Gasteiger partial charge on any atom is -0.409 e. The van der Waals surface area contributed by atoms with Gasteiger partial charge >= 0.3 is 0 Å². The van der Waals surface area contributed by atoms with Crippen LogP contribution < -0.4 is 11.1 Å². The molecule has 4 heteroatoms. The molecule has 0 amide bonds. The fourth-order valence-corrected chi connectivity index (χ4v) is 2.36. The third-order valence-corrected chi connectivity index (χ3v) is 3.77. The summed E-state index contributed by atoms with van der Waals surface area (Å²) in [5.41, 5.74) is 8.77. The summed E-state index contributed by atoms with van der Waals surface area (Å²) < 4.78 is 0. The summed E-state index contributed by atoms with van der Waals surface area (Å²) in [5.74, 6) is 0.157. The summed E-state index contributed by atoms with van der Waals surface area (Å²) in [6, 6.07) is 5.89. The summed E-state index contributed by atoms with van der Waals surface area (Å²) >= 11 is 0. The predicted molar refractivity (Wildman–Crippen MR) is 88.8 cm³/mol. The van der Waals surface area contributed by atoms with Crippen molar-refractivity contribution in [2.24, 2.45) is 10.9 Å². The number of aryl methyl sites for hydroxylation is 1. The average molecular weight is 291 g/mol. The molecule has 118 valence electrons. The second-order valence-electron chi connectivity index (χ2n) is 5.57. The number of unbranched alkanes of at least 4 members (excludes halogenated alkanes) is 5. The van der Waals surface area contributed by atoms with Gasteiger partial charge in [-0.15, -0.1) is 0 Å². The topological polar surface area (TPSA) is 70.6 Å². The van der Waals surface area contributed by atoms with E-state index in [9.17, 15) is 0 Å². The van der Waals surface area contributed by atoms with Crippen molar-refractivity contribution in [1.82, 2.24) is 5.32 Å². The lowest BCUT2D eigenvalue weighted by atomic mass is 10.0. The standard InChI is InChI=1S/C17H29N3O/c1-3-4-5-6-7-8-11-19-13-16-10-9-15(12-14(16)2)17(18)20-21/h9-10,12,19,21H,3-8,11,13H2,1-2H3,(H2,18,20). The maximum absolute atomic E-state index is 8.68. The third kappa shape index (κ3) is 6.63. The Morgan fingerprint density at radius 2 is 1.90 bits per heavy atom. The van der Waals surface area contributed by atoms with Crippen molar-refractivity contribution >= 4 is 5.84 Å². The molecular weight excluding hydrogens is 262 g/mol. The molecule has 0 aliphatic rings. The number of oxime groups is 1. The van der Waals surface area contributed by atoms with Crippen LogP contribution >= 0.6 is 0 Å². The molecule has 4 N–H and O–H groups in total. The van der Waals surface area contributed by atoms with Crippen LogP contribution in [0.25, 0.3) is 0 Å². The Bertz CT molecular complexity index is 444. The zero-order chi connectivity index (χ0) is 15.5. The quantitative estimate of drug-likeness (QED) is 0.203. The third-order valence-electron chi connectivity index (χ3n) is 3.77. The molecule has 0 aromatic heterocycles. The van der Waals surface area contributed by atoms with Crippen molar-refractivity contribution in [3.8, 4) is 0 Å². The van der Waals surface area contributed by atoms with Crippen LogP contribution in [0.1, 0.15) is 62.1 Å². The lowest BCUT2D eigenvalue weighted by Gasteiger charge is -2.09. The smallest absolute Gasteiger partial charge is 0.170 e. The number of hydrogen-bond donors (Lipinski definition) is 3. The van der Waals surface area contributed by atoms with E-state index >= 15 is 0 Å². The molecule has 1 aromatic carbocycles. The van der Waals surface area contributed by atoms with Crippen LogP contribution in [0.5, 0.6) is 0 Å². The Morgan fingerprint density at radius 1 is 1.19 bits per heavy atom. The molecule has 0 unspecified atom stereocenters. The molecule has 0 saturated heterocycles. The first kappa shape index (κ1) is 17.5. The molecule has 0 fully saturated rings. The van der Waals surface area contributed by atoms with Crippen LogP contribution in [0.3, 0.4) is 0 Å². The Morgan fingerprint density at radius 3 is 2.57 bits per heavy atom. The molecule has 1 rings (SSSR count). The molecule has 0 aliphatic carbocycles. The predicted octanol–water partition coefficient (Wildman–Crippen LogP) is 3.54. The number of rotatable bonds is 10. The number of nitrogens with zero attached hydrogens (tertiary/aromatic N) is 1. The first-order valence-electron chi connectivity index (χ1n) is 7.97. The molecule has 0 atom stereocenters. The minimum absolute atomic E-state index is 0.157. The molecular formula is C17H29N3O. The molecule has 21 heavy (non-hydrogen) atoms. The molecule has 0 aliphatic heterocycles. The van der Waals surface area contributed by atoms with Gasteiger partial charge in [-0.05, 0) is 37.1 Å². The molecule has 1 aromatic rings. The van der Waals surface area contributed by atoms with E-state index in [4.69, 9.17) is 10.9 Å². The Balaban J connectivity index is 2.26. The van der Waals surface area contributed by atoms with Gasteiger partial charge < -0.3 is 16.3 Å². The molecule has 4 nitrogen and oxygen atoms in total. The molecule has 0 bridgehead atoms.